The van der Waals surface area contributed by atoms with Crippen LogP contribution in [0.3, 0.4) is 0 Å². The molecule has 2 aliphatic rings. The molecular formula is C21H36ClNO2. The molecule has 144 valence electrons. The van der Waals surface area contributed by atoms with Gasteiger partial charge in [-0.1, -0.05) is 63.6 Å². The van der Waals surface area contributed by atoms with Gasteiger partial charge in [-0.05, 0) is 32.1 Å². The van der Waals surface area contributed by atoms with Gasteiger partial charge in [0.1, 0.15) is 5.78 Å². The largest absolute Gasteiger partial charge is 0.396 e. The number of unbranched alkanes of at least 4 members (excludes halogenated alkanes) is 3. The number of rotatable bonds is 10. The highest BCUT2D eigenvalue weighted by molar-refractivity contribution is 6.29. The van der Waals surface area contributed by atoms with Gasteiger partial charge in [0.25, 0.3) is 0 Å². The summed E-state index contributed by atoms with van der Waals surface area (Å²) in [6.45, 7) is 7.05. The molecule has 0 aromatic carbocycles. The number of Topliss-reactive ketones (excluding diaryl/α,β-unsaturated/α-hetero) is 1. The van der Waals surface area contributed by atoms with Crippen LogP contribution < -0.4 is 0 Å². The number of fused-ring (bicyclic) bond motifs is 1. The number of halogens is 1. The van der Waals surface area contributed by atoms with Crippen molar-refractivity contribution < 1.29 is 9.90 Å². The number of likely N-dealkylation sites (tertiary alicyclic amines) is 1. The van der Waals surface area contributed by atoms with Crippen LogP contribution in [0.5, 0.6) is 0 Å². The van der Waals surface area contributed by atoms with Crippen molar-refractivity contribution in [3.8, 4) is 0 Å². The third-order valence-electron chi connectivity index (χ3n) is 6.34. The van der Waals surface area contributed by atoms with Crippen LogP contribution in [0.15, 0.2) is 11.6 Å². The summed E-state index contributed by atoms with van der Waals surface area (Å²) in [5, 5.41) is 10.1. The lowest BCUT2D eigenvalue weighted by molar-refractivity contribution is -0.145. The zero-order valence-corrected chi connectivity index (χ0v) is 16.7. The van der Waals surface area contributed by atoms with E-state index >= 15 is 0 Å². The summed E-state index contributed by atoms with van der Waals surface area (Å²) >= 11 is 6.25. The second-order valence-electron chi connectivity index (χ2n) is 8.05. The molecule has 1 saturated heterocycles. The molecule has 25 heavy (non-hydrogen) atoms. The molecule has 1 aliphatic heterocycles. The van der Waals surface area contributed by atoms with Gasteiger partial charge in [0.2, 0.25) is 0 Å². The summed E-state index contributed by atoms with van der Waals surface area (Å²) in [6.07, 6.45) is 12.7. The zero-order valence-electron chi connectivity index (χ0n) is 15.9. The van der Waals surface area contributed by atoms with E-state index in [9.17, 15) is 9.90 Å². The van der Waals surface area contributed by atoms with E-state index in [1.165, 1.54) is 32.1 Å². The number of carbonyl (C=O) groups is 1. The van der Waals surface area contributed by atoms with E-state index < -0.39 is 0 Å². The predicted molar refractivity (Wildman–Crippen MR) is 105 cm³/mol. The van der Waals surface area contributed by atoms with Crippen LogP contribution in [0.1, 0.15) is 84.0 Å². The van der Waals surface area contributed by atoms with Crippen LogP contribution in [0.25, 0.3) is 0 Å². The molecule has 0 unspecified atom stereocenters. The van der Waals surface area contributed by atoms with E-state index in [1.54, 1.807) is 0 Å². The van der Waals surface area contributed by atoms with Crippen LogP contribution in [0.4, 0.5) is 0 Å². The Kier molecular flexibility index (Phi) is 8.44. The van der Waals surface area contributed by atoms with E-state index in [0.29, 0.717) is 23.8 Å². The Labute approximate surface area is 158 Å². The number of aliphatic hydroxyl groups excluding tert-OH is 1. The summed E-state index contributed by atoms with van der Waals surface area (Å²) in [6, 6.07) is 0.285. The SMILES string of the molecule is C=C(Cl)CN1[C@@H](CCCCCC)CC(=O)[C@@H]2CCCC[C@@]21CCCO. The molecule has 2 fully saturated rings. The van der Waals surface area contributed by atoms with Gasteiger partial charge in [0, 0.05) is 42.1 Å². The predicted octanol–water partition coefficient (Wildman–Crippen LogP) is 5.05. The van der Waals surface area contributed by atoms with E-state index in [1.807, 2.05) is 0 Å². The lowest BCUT2D eigenvalue weighted by atomic mass is 9.63. The number of nitrogens with zero attached hydrogens (tertiary/aromatic N) is 1. The molecule has 1 saturated carbocycles. The Morgan fingerprint density at radius 1 is 1.32 bits per heavy atom. The average Bonchev–Trinajstić information content (AvgIpc) is 2.60. The summed E-state index contributed by atoms with van der Waals surface area (Å²) in [5.74, 6) is 0.574. The fourth-order valence-electron chi connectivity index (χ4n) is 5.24. The summed E-state index contributed by atoms with van der Waals surface area (Å²) < 4.78 is 0. The Bertz CT molecular complexity index is 453. The van der Waals surface area contributed by atoms with Gasteiger partial charge in [-0.15, -0.1) is 0 Å². The Morgan fingerprint density at radius 3 is 2.80 bits per heavy atom. The van der Waals surface area contributed by atoms with Crippen molar-refractivity contribution in [3.63, 3.8) is 0 Å². The number of piperidine rings is 1. The van der Waals surface area contributed by atoms with Crippen LogP contribution in [-0.2, 0) is 4.79 Å². The van der Waals surface area contributed by atoms with Gasteiger partial charge in [0.15, 0.2) is 0 Å². The monoisotopic (exact) mass is 369 g/mol. The van der Waals surface area contributed by atoms with Crippen molar-refractivity contribution in [2.45, 2.75) is 95.6 Å². The second-order valence-corrected chi connectivity index (χ2v) is 8.58. The van der Waals surface area contributed by atoms with Gasteiger partial charge in [-0.3, -0.25) is 9.69 Å². The molecule has 3 atom stereocenters. The van der Waals surface area contributed by atoms with E-state index in [4.69, 9.17) is 11.6 Å². The van der Waals surface area contributed by atoms with Crippen molar-refractivity contribution in [1.82, 2.24) is 4.90 Å². The fraction of sp³-hybridized carbons (Fsp3) is 0.857. The zero-order chi connectivity index (χ0) is 18.3. The minimum atomic E-state index is -0.108. The fourth-order valence-corrected chi connectivity index (χ4v) is 5.37. The average molecular weight is 370 g/mol. The number of aliphatic hydroxyl groups is 1. The normalized spacial score (nSPS) is 30.3. The maximum absolute atomic E-state index is 13.0. The first-order valence-corrected chi connectivity index (χ1v) is 10.7. The number of carbonyl (C=O) groups excluding carboxylic acids is 1. The van der Waals surface area contributed by atoms with Crippen LogP contribution in [0, 0.1) is 5.92 Å². The van der Waals surface area contributed by atoms with Crippen molar-refractivity contribution in [3.05, 3.63) is 11.6 Å². The van der Waals surface area contributed by atoms with Crippen LogP contribution >= 0.6 is 11.6 Å². The molecule has 0 aromatic rings. The van der Waals surface area contributed by atoms with Crippen molar-refractivity contribution in [2.24, 2.45) is 5.92 Å². The van der Waals surface area contributed by atoms with E-state index in [0.717, 1.165) is 38.5 Å². The maximum Gasteiger partial charge on any atom is 0.139 e. The molecule has 0 radical (unpaired) electrons. The first-order valence-electron chi connectivity index (χ1n) is 10.3. The van der Waals surface area contributed by atoms with Crippen molar-refractivity contribution in [2.75, 3.05) is 13.2 Å². The molecule has 0 amide bonds. The van der Waals surface area contributed by atoms with Gasteiger partial charge < -0.3 is 5.11 Å². The molecule has 0 aromatic heterocycles. The maximum atomic E-state index is 13.0. The molecule has 4 heteroatoms. The number of hydrogen-bond acceptors (Lipinski definition) is 3. The van der Waals surface area contributed by atoms with Gasteiger partial charge in [0.05, 0.1) is 0 Å². The van der Waals surface area contributed by atoms with Gasteiger partial charge in [-0.2, -0.15) is 0 Å². The quantitative estimate of drug-likeness (QED) is 0.547. The Hall–Kier alpha value is -0.380. The first kappa shape index (κ1) is 20.9. The topological polar surface area (TPSA) is 40.5 Å². The van der Waals surface area contributed by atoms with Crippen molar-refractivity contribution >= 4 is 17.4 Å². The lowest BCUT2D eigenvalue weighted by Gasteiger charge is -2.57. The minimum Gasteiger partial charge on any atom is -0.396 e. The highest BCUT2D eigenvalue weighted by atomic mass is 35.5. The molecule has 1 heterocycles. The molecule has 0 spiro atoms. The molecule has 0 bridgehead atoms. The third-order valence-corrected chi connectivity index (χ3v) is 6.46. The number of ketones is 1. The Morgan fingerprint density at radius 2 is 2.12 bits per heavy atom. The third kappa shape index (κ3) is 5.08. The minimum absolute atomic E-state index is 0.108. The van der Waals surface area contributed by atoms with Crippen LogP contribution in [-0.4, -0.2) is 40.5 Å². The van der Waals surface area contributed by atoms with Gasteiger partial charge >= 0.3 is 0 Å². The summed E-state index contributed by atoms with van der Waals surface area (Å²) in [7, 11) is 0. The highest BCUT2D eigenvalue weighted by Crippen LogP contribution is 2.48. The van der Waals surface area contributed by atoms with Gasteiger partial charge in [-0.25, -0.2) is 0 Å². The summed E-state index contributed by atoms with van der Waals surface area (Å²) in [5.41, 5.74) is -0.108. The smallest absolute Gasteiger partial charge is 0.139 e. The molecule has 1 N–H and O–H groups in total. The van der Waals surface area contributed by atoms with E-state index in [2.05, 4.69) is 18.4 Å². The second kappa shape index (κ2) is 10.1. The highest BCUT2D eigenvalue weighted by Gasteiger charge is 2.53. The van der Waals surface area contributed by atoms with E-state index in [-0.39, 0.29) is 24.1 Å². The number of hydrogen-bond donors (Lipinski definition) is 1. The standard InChI is InChI=1S/C21H36ClNO2/c1-3-4-5-6-10-18-15-20(25)19-11-7-8-12-21(19,13-9-14-24)23(18)16-17(2)22/h18-19,24H,2-16H2,1H3/t18-,19-,21+/m0/s1. The van der Waals surface area contributed by atoms with Crippen LogP contribution in [0.2, 0.25) is 0 Å². The van der Waals surface area contributed by atoms with Crippen molar-refractivity contribution in [1.29, 1.82) is 0 Å². The molecule has 1 aliphatic carbocycles. The molecule has 3 nitrogen and oxygen atoms in total. The Balaban J connectivity index is 2.24. The summed E-state index contributed by atoms with van der Waals surface area (Å²) in [4.78, 5) is 15.5. The lowest BCUT2D eigenvalue weighted by Crippen LogP contribution is -2.65. The molecule has 2 rings (SSSR count). The molecular weight excluding hydrogens is 334 g/mol. The first-order chi connectivity index (χ1) is 12.0.